The maximum atomic E-state index is 8.95. The van der Waals surface area contributed by atoms with E-state index in [-0.39, 0.29) is 0 Å². The second-order valence-electron chi connectivity index (χ2n) is 5.38. The van der Waals surface area contributed by atoms with E-state index in [9.17, 15) is 0 Å². The van der Waals surface area contributed by atoms with Gasteiger partial charge in [0.25, 0.3) is 0 Å². The first kappa shape index (κ1) is 13.1. The van der Waals surface area contributed by atoms with Gasteiger partial charge >= 0.3 is 0 Å². The predicted octanol–water partition coefficient (Wildman–Crippen LogP) is 2.73. The molecule has 0 aliphatic heterocycles. The quantitative estimate of drug-likeness (QED) is 0.750. The van der Waals surface area contributed by atoms with Crippen LogP contribution in [0, 0.1) is 11.3 Å². The Bertz CT molecular complexity index is 410. The third-order valence-electron chi connectivity index (χ3n) is 3.67. The highest BCUT2D eigenvalue weighted by molar-refractivity contribution is 5.01. The first-order valence-electron chi connectivity index (χ1n) is 6.85. The fraction of sp³-hybridized carbons (Fsp3) is 0.714. The lowest BCUT2D eigenvalue weighted by Crippen LogP contribution is -2.33. The van der Waals surface area contributed by atoms with Gasteiger partial charge in [-0.3, -0.25) is 9.58 Å². The number of nitrogens with zero attached hydrogens (tertiary/aromatic N) is 4. The van der Waals surface area contributed by atoms with Gasteiger partial charge in [0.2, 0.25) is 0 Å². The van der Waals surface area contributed by atoms with Crippen molar-refractivity contribution in [3.05, 3.63) is 18.0 Å². The van der Waals surface area contributed by atoms with Crippen molar-refractivity contribution in [1.82, 2.24) is 14.7 Å². The molecule has 0 aromatic carbocycles. The molecule has 1 fully saturated rings. The highest BCUT2D eigenvalue weighted by Gasteiger charge is 2.23. The van der Waals surface area contributed by atoms with Crippen molar-refractivity contribution in [2.75, 3.05) is 6.54 Å². The van der Waals surface area contributed by atoms with E-state index in [2.05, 4.69) is 36.0 Å². The molecule has 98 valence electrons. The Hall–Kier alpha value is -1.34. The molecule has 4 nitrogen and oxygen atoms in total. The molecule has 1 aromatic rings. The van der Waals surface area contributed by atoms with E-state index >= 15 is 0 Å². The number of nitriles is 1. The van der Waals surface area contributed by atoms with Crippen LogP contribution in [0.2, 0.25) is 0 Å². The van der Waals surface area contributed by atoms with Crippen LogP contribution < -0.4 is 0 Å². The van der Waals surface area contributed by atoms with Crippen molar-refractivity contribution in [2.45, 2.75) is 58.2 Å². The topological polar surface area (TPSA) is 44.9 Å². The summed E-state index contributed by atoms with van der Waals surface area (Å²) in [5.74, 6) is 0. The molecule has 4 heteroatoms. The van der Waals surface area contributed by atoms with Gasteiger partial charge in [0, 0.05) is 24.8 Å². The van der Waals surface area contributed by atoms with Crippen molar-refractivity contribution in [3.8, 4) is 6.07 Å². The fourth-order valence-corrected chi connectivity index (χ4v) is 2.63. The molecule has 0 unspecified atom stereocenters. The summed E-state index contributed by atoms with van der Waals surface area (Å²) in [6.45, 7) is 5.57. The molecular formula is C14H22N4. The molecule has 0 saturated heterocycles. The first-order chi connectivity index (χ1) is 8.70. The van der Waals surface area contributed by atoms with Crippen LogP contribution in [0.5, 0.6) is 0 Å². The van der Waals surface area contributed by atoms with E-state index in [4.69, 9.17) is 5.26 Å². The Morgan fingerprint density at radius 1 is 1.50 bits per heavy atom. The van der Waals surface area contributed by atoms with Gasteiger partial charge in [-0.2, -0.15) is 10.4 Å². The zero-order valence-electron chi connectivity index (χ0n) is 11.3. The van der Waals surface area contributed by atoms with Crippen molar-refractivity contribution in [3.63, 3.8) is 0 Å². The van der Waals surface area contributed by atoms with Gasteiger partial charge in [0.05, 0.1) is 18.3 Å². The maximum Gasteiger partial charge on any atom is 0.0871 e. The van der Waals surface area contributed by atoms with Crippen molar-refractivity contribution in [1.29, 1.82) is 5.26 Å². The van der Waals surface area contributed by atoms with Crippen molar-refractivity contribution < 1.29 is 0 Å². The van der Waals surface area contributed by atoms with Crippen molar-refractivity contribution in [2.24, 2.45) is 0 Å². The summed E-state index contributed by atoms with van der Waals surface area (Å²) < 4.78 is 1.98. The lowest BCUT2D eigenvalue weighted by atomic mass is 10.2. The summed E-state index contributed by atoms with van der Waals surface area (Å²) in [5.41, 5.74) is 1.07. The molecule has 1 aliphatic carbocycles. The smallest absolute Gasteiger partial charge is 0.0871 e. The summed E-state index contributed by atoms with van der Waals surface area (Å²) in [6.07, 6.45) is 7.08. The zero-order valence-corrected chi connectivity index (χ0v) is 11.3. The number of aromatic nitrogens is 2. The Balaban J connectivity index is 2.01. The standard InChI is InChI=1S/C14H22N4/c1-12(2)18-9-7-13(16-18)11-17(10-8-15)14-5-3-4-6-14/h7,9,12,14H,3-6,10-11H2,1-2H3. The molecule has 1 aliphatic rings. The molecule has 0 N–H and O–H groups in total. The minimum atomic E-state index is 0.398. The normalized spacial score (nSPS) is 16.6. The van der Waals surface area contributed by atoms with E-state index in [1.807, 2.05) is 10.9 Å². The molecule has 1 aromatic heterocycles. The van der Waals surface area contributed by atoms with Crippen LogP contribution in [0.4, 0.5) is 0 Å². The average molecular weight is 246 g/mol. The highest BCUT2D eigenvalue weighted by atomic mass is 15.3. The molecule has 2 rings (SSSR count). The summed E-state index contributed by atoms with van der Waals surface area (Å²) in [7, 11) is 0. The van der Waals surface area contributed by atoms with Gasteiger partial charge in [-0.25, -0.2) is 0 Å². The van der Waals surface area contributed by atoms with Gasteiger partial charge in [-0.05, 0) is 32.8 Å². The Morgan fingerprint density at radius 3 is 2.78 bits per heavy atom. The predicted molar refractivity (Wildman–Crippen MR) is 70.9 cm³/mol. The van der Waals surface area contributed by atoms with Crippen LogP contribution in [0.1, 0.15) is 51.3 Å². The summed E-state index contributed by atoms with van der Waals surface area (Å²) in [5, 5.41) is 13.5. The molecule has 0 radical (unpaired) electrons. The monoisotopic (exact) mass is 246 g/mol. The number of hydrogen-bond donors (Lipinski definition) is 0. The minimum absolute atomic E-state index is 0.398. The fourth-order valence-electron chi connectivity index (χ4n) is 2.63. The Morgan fingerprint density at radius 2 is 2.22 bits per heavy atom. The molecule has 1 heterocycles. The molecule has 18 heavy (non-hydrogen) atoms. The van der Waals surface area contributed by atoms with Gasteiger partial charge in [-0.15, -0.1) is 0 Å². The van der Waals surface area contributed by atoms with E-state index in [0.29, 0.717) is 18.6 Å². The van der Waals surface area contributed by atoms with Gasteiger partial charge < -0.3 is 0 Å². The van der Waals surface area contributed by atoms with E-state index in [1.165, 1.54) is 25.7 Å². The van der Waals surface area contributed by atoms with Crippen LogP contribution in [0.15, 0.2) is 12.3 Å². The van der Waals surface area contributed by atoms with Gasteiger partial charge in [0.15, 0.2) is 0 Å². The second kappa shape index (κ2) is 6.01. The third-order valence-corrected chi connectivity index (χ3v) is 3.67. The van der Waals surface area contributed by atoms with Crippen LogP contribution in [0.25, 0.3) is 0 Å². The van der Waals surface area contributed by atoms with Crippen LogP contribution >= 0.6 is 0 Å². The first-order valence-corrected chi connectivity index (χ1v) is 6.85. The van der Waals surface area contributed by atoms with Crippen LogP contribution in [-0.4, -0.2) is 27.3 Å². The number of rotatable bonds is 5. The van der Waals surface area contributed by atoms with Crippen LogP contribution in [-0.2, 0) is 6.54 Å². The minimum Gasteiger partial charge on any atom is -0.282 e. The van der Waals surface area contributed by atoms with Gasteiger partial charge in [-0.1, -0.05) is 12.8 Å². The van der Waals surface area contributed by atoms with E-state index < -0.39 is 0 Å². The SMILES string of the molecule is CC(C)n1ccc(CN(CC#N)C2CCCC2)n1. The maximum absolute atomic E-state index is 8.95. The summed E-state index contributed by atoms with van der Waals surface area (Å²) >= 11 is 0. The third kappa shape index (κ3) is 3.11. The van der Waals surface area contributed by atoms with Crippen molar-refractivity contribution >= 4 is 0 Å². The lowest BCUT2D eigenvalue weighted by Gasteiger charge is -2.25. The van der Waals surface area contributed by atoms with E-state index in [1.54, 1.807) is 0 Å². The summed E-state index contributed by atoms with van der Waals surface area (Å²) in [4.78, 5) is 2.28. The molecule has 0 atom stereocenters. The largest absolute Gasteiger partial charge is 0.282 e. The van der Waals surface area contributed by atoms with E-state index in [0.717, 1.165) is 12.2 Å². The Labute approximate surface area is 109 Å². The molecular weight excluding hydrogens is 224 g/mol. The molecule has 0 bridgehead atoms. The second-order valence-corrected chi connectivity index (χ2v) is 5.38. The number of hydrogen-bond acceptors (Lipinski definition) is 3. The molecule has 0 spiro atoms. The van der Waals surface area contributed by atoms with Gasteiger partial charge in [0.1, 0.15) is 0 Å². The summed E-state index contributed by atoms with van der Waals surface area (Å²) in [6, 6.07) is 5.33. The van der Waals surface area contributed by atoms with Crippen LogP contribution in [0.3, 0.4) is 0 Å². The Kier molecular flexibility index (Phi) is 4.38. The molecule has 1 saturated carbocycles. The average Bonchev–Trinajstić information content (AvgIpc) is 2.99. The highest BCUT2D eigenvalue weighted by Crippen LogP contribution is 2.24. The lowest BCUT2D eigenvalue weighted by molar-refractivity contribution is 0.211. The zero-order chi connectivity index (χ0) is 13.0. The molecule has 0 amide bonds.